The Morgan fingerprint density at radius 1 is 1.08 bits per heavy atom. The number of piperazine rings is 1. The number of quaternary nitrogens is 2. The van der Waals surface area contributed by atoms with E-state index in [9.17, 15) is 9.18 Å². The van der Waals surface area contributed by atoms with Crippen molar-refractivity contribution < 1.29 is 19.0 Å². The van der Waals surface area contributed by atoms with E-state index in [0.717, 1.165) is 42.6 Å². The molecule has 1 aromatic heterocycles. The molecule has 0 saturated carbocycles. The van der Waals surface area contributed by atoms with Gasteiger partial charge in [-0.05, 0) is 29.8 Å². The van der Waals surface area contributed by atoms with Crippen molar-refractivity contribution in [1.82, 2.24) is 5.32 Å². The van der Waals surface area contributed by atoms with Gasteiger partial charge in [0.15, 0.2) is 6.54 Å². The number of rotatable bonds is 6. The summed E-state index contributed by atoms with van der Waals surface area (Å²) in [4.78, 5) is 16.3. The second kappa shape index (κ2) is 8.76. The summed E-state index contributed by atoms with van der Waals surface area (Å²) >= 11 is 7.63. The first-order valence-corrected chi connectivity index (χ1v) is 9.70. The topological polar surface area (TPSA) is 38.0 Å². The summed E-state index contributed by atoms with van der Waals surface area (Å²) in [6.07, 6.45) is 0. The van der Waals surface area contributed by atoms with Crippen LogP contribution in [0.1, 0.15) is 10.4 Å². The fourth-order valence-corrected chi connectivity index (χ4v) is 4.26. The number of hydrogen-bond donors (Lipinski definition) is 3. The van der Waals surface area contributed by atoms with E-state index < -0.39 is 0 Å². The molecular weight excluding hydrogens is 361 g/mol. The fraction of sp³-hybridized carbons (Fsp3) is 0.389. The van der Waals surface area contributed by atoms with E-state index in [1.54, 1.807) is 28.4 Å². The Morgan fingerprint density at radius 2 is 1.76 bits per heavy atom. The zero-order valence-corrected chi connectivity index (χ0v) is 15.6. The summed E-state index contributed by atoms with van der Waals surface area (Å²) < 4.78 is 13.7. The highest BCUT2D eigenvalue weighted by Gasteiger charge is 2.25. The lowest BCUT2D eigenvalue weighted by molar-refractivity contribution is -1.01. The number of carbonyl (C=O) groups is 1. The maximum Gasteiger partial charge on any atom is 0.275 e. The Balaban J connectivity index is 1.36. The largest absolute Gasteiger partial charge is 0.347 e. The van der Waals surface area contributed by atoms with Gasteiger partial charge < -0.3 is 15.1 Å². The van der Waals surface area contributed by atoms with E-state index in [1.165, 1.54) is 21.9 Å². The molecule has 0 spiro atoms. The number of halogens is 2. The van der Waals surface area contributed by atoms with Gasteiger partial charge in [-0.15, -0.1) is 11.3 Å². The minimum absolute atomic E-state index is 0.0489. The van der Waals surface area contributed by atoms with E-state index in [-0.39, 0.29) is 11.7 Å². The molecule has 0 radical (unpaired) electrons. The van der Waals surface area contributed by atoms with Crippen molar-refractivity contribution in [3.8, 4) is 0 Å². The van der Waals surface area contributed by atoms with Gasteiger partial charge in [0, 0.05) is 6.54 Å². The van der Waals surface area contributed by atoms with Crippen LogP contribution in [0, 0.1) is 5.82 Å². The average Bonchev–Trinajstić information content (AvgIpc) is 3.01. The highest BCUT2D eigenvalue weighted by atomic mass is 35.5. The van der Waals surface area contributed by atoms with Gasteiger partial charge in [0.25, 0.3) is 5.91 Å². The first kappa shape index (κ1) is 18.3. The molecule has 4 nitrogen and oxygen atoms in total. The standard InChI is InChI=1S/C18H21ClFN3OS/c19-17-6-5-16(25-17)12-22-7-9-23(10-8-22)13-18(24)21-11-14-1-3-15(20)4-2-14/h1-6H,7-13H2,(H,21,24)/p+2. The molecule has 3 rings (SSSR count). The number of hydrogen-bond acceptors (Lipinski definition) is 2. The molecule has 1 aliphatic heterocycles. The van der Waals surface area contributed by atoms with Crippen LogP contribution in [0.4, 0.5) is 4.39 Å². The zero-order valence-electron chi connectivity index (χ0n) is 14.0. The Hall–Kier alpha value is -1.47. The van der Waals surface area contributed by atoms with E-state index in [1.807, 2.05) is 6.07 Å². The maximum absolute atomic E-state index is 12.9. The van der Waals surface area contributed by atoms with Crippen LogP contribution in [0.3, 0.4) is 0 Å². The molecule has 134 valence electrons. The van der Waals surface area contributed by atoms with Crippen LogP contribution in [0.5, 0.6) is 0 Å². The fourth-order valence-electron chi connectivity index (χ4n) is 3.10. The van der Waals surface area contributed by atoms with Crippen molar-refractivity contribution in [3.63, 3.8) is 0 Å². The van der Waals surface area contributed by atoms with Crippen LogP contribution in [-0.4, -0.2) is 38.6 Å². The molecule has 3 N–H and O–H groups in total. The zero-order chi connectivity index (χ0) is 17.6. The molecule has 0 unspecified atom stereocenters. The van der Waals surface area contributed by atoms with Gasteiger partial charge in [0.1, 0.15) is 38.5 Å². The molecule has 7 heteroatoms. The maximum atomic E-state index is 12.9. The smallest absolute Gasteiger partial charge is 0.275 e. The van der Waals surface area contributed by atoms with Crippen molar-refractivity contribution >= 4 is 28.8 Å². The normalized spacial score (nSPS) is 20.4. The number of amides is 1. The minimum atomic E-state index is -0.260. The second-order valence-corrected chi connectivity index (χ2v) is 8.26. The van der Waals surface area contributed by atoms with E-state index in [0.29, 0.717) is 13.1 Å². The summed E-state index contributed by atoms with van der Waals surface area (Å²) in [7, 11) is 0. The van der Waals surface area contributed by atoms with Crippen LogP contribution in [0.25, 0.3) is 0 Å². The lowest BCUT2D eigenvalue weighted by Crippen LogP contribution is -3.28. The summed E-state index contributed by atoms with van der Waals surface area (Å²) in [5, 5.41) is 2.92. The summed E-state index contributed by atoms with van der Waals surface area (Å²) in [5.74, 6) is -0.211. The van der Waals surface area contributed by atoms with Crippen LogP contribution in [0.2, 0.25) is 4.34 Å². The van der Waals surface area contributed by atoms with Gasteiger partial charge >= 0.3 is 0 Å². The van der Waals surface area contributed by atoms with Crippen LogP contribution < -0.4 is 15.1 Å². The molecule has 1 amide bonds. The first-order valence-electron chi connectivity index (χ1n) is 8.51. The van der Waals surface area contributed by atoms with E-state index in [4.69, 9.17) is 11.6 Å². The third-order valence-corrected chi connectivity index (χ3v) is 5.76. The first-order chi connectivity index (χ1) is 12.1. The Morgan fingerprint density at radius 3 is 2.40 bits per heavy atom. The lowest BCUT2D eigenvalue weighted by atomic mass is 10.2. The van der Waals surface area contributed by atoms with Gasteiger partial charge in [0.05, 0.1) is 9.21 Å². The highest BCUT2D eigenvalue weighted by molar-refractivity contribution is 7.16. The summed E-state index contributed by atoms with van der Waals surface area (Å²) in [6.45, 7) is 6.09. The quantitative estimate of drug-likeness (QED) is 0.652. The van der Waals surface area contributed by atoms with Crippen molar-refractivity contribution in [1.29, 1.82) is 0 Å². The molecule has 0 aliphatic carbocycles. The summed E-state index contributed by atoms with van der Waals surface area (Å²) in [6, 6.07) is 10.3. The average molecular weight is 384 g/mol. The number of nitrogens with one attached hydrogen (secondary N) is 3. The van der Waals surface area contributed by atoms with Gasteiger partial charge in [-0.3, -0.25) is 4.79 Å². The van der Waals surface area contributed by atoms with Crippen molar-refractivity contribution in [3.05, 3.63) is 57.0 Å². The lowest BCUT2D eigenvalue weighted by Gasteiger charge is -2.29. The second-order valence-electron chi connectivity index (χ2n) is 6.46. The SMILES string of the molecule is O=C(C[NH+]1CC[NH+](Cc2ccc(Cl)s2)CC1)NCc1ccc(F)cc1. The highest BCUT2D eigenvalue weighted by Crippen LogP contribution is 2.20. The molecule has 1 aliphatic rings. The molecule has 1 fully saturated rings. The molecule has 1 saturated heterocycles. The van der Waals surface area contributed by atoms with Gasteiger partial charge in [-0.2, -0.15) is 0 Å². The van der Waals surface area contributed by atoms with Gasteiger partial charge in [0.2, 0.25) is 0 Å². The monoisotopic (exact) mass is 383 g/mol. The van der Waals surface area contributed by atoms with Crippen molar-refractivity contribution in [2.45, 2.75) is 13.1 Å². The third kappa shape index (κ3) is 5.78. The molecule has 0 bridgehead atoms. The van der Waals surface area contributed by atoms with Crippen LogP contribution in [-0.2, 0) is 17.9 Å². The molecule has 2 aromatic rings. The van der Waals surface area contributed by atoms with Gasteiger partial charge in [-0.25, -0.2) is 4.39 Å². The van der Waals surface area contributed by atoms with Crippen molar-refractivity contribution in [2.24, 2.45) is 0 Å². The van der Waals surface area contributed by atoms with E-state index in [2.05, 4.69) is 11.4 Å². The Labute approximate surface area is 156 Å². The van der Waals surface area contributed by atoms with Crippen LogP contribution >= 0.6 is 22.9 Å². The number of carbonyl (C=O) groups excluding carboxylic acids is 1. The predicted molar refractivity (Wildman–Crippen MR) is 97.5 cm³/mol. The molecule has 1 aromatic carbocycles. The Kier molecular flexibility index (Phi) is 6.42. The third-order valence-electron chi connectivity index (χ3n) is 4.53. The summed E-state index contributed by atoms with van der Waals surface area (Å²) in [5.41, 5.74) is 0.911. The van der Waals surface area contributed by atoms with Gasteiger partial charge in [-0.1, -0.05) is 23.7 Å². The van der Waals surface area contributed by atoms with Crippen molar-refractivity contribution in [2.75, 3.05) is 32.7 Å². The molecule has 2 heterocycles. The Bertz CT molecular complexity index is 699. The van der Waals surface area contributed by atoms with E-state index >= 15 is 0 Å². The molecule has 25 heavy (non-hydrogen) atoms. The molecular formula is C18H23ClFN3OS+2. The predicted octanol–water partition coefficient (Wildman–Crippen LogP) is 0.140. The minimum Gasteiger partial charge on any atom is -0.347 e. The number of thiophene rings is 1. The number of benzene rings is 1. The van der Waals surface area contributed by atoms with Crippen LogP contribution in [0.15, 0.2) is 36.4 Å². The molecule has 0 atom stereocenters.